The zero-order valence-electron chi connectivity index (χ0n) is 14.8. The standard InChI is InChI=1S/C18H10F11NO/c19-13(15(21,22)16(23,24)17(25,26)18(27,28)29)14(20)31-12-7-6-10(8-11(12)30)9-4-2-1-3-5-9/h1-8H,30H2. The molecule has 0 atom stereocenters. The van der Waals surface area contributed by atoms with Crippen LogP contribution in [0.4, 0.5) is 54.0 Å². The summed E-state index contributed by atoms with van der Waals surface area (Å²) in [6.45, 7) is 0. The van der Waals surface area contributed by atoms with Gasteiger partial charge in [-0.1, -0.05) is 36.4 Å². The van der Waals surface area contributed by atoms with Crippen molar-refractivity contribution in [1.82, 2.24) is 0 Å². The van der Waals surface area contributed by atoms with Gasteiger partial charge in [-0.2, -0.15) is 48.3 Å². The topological polar surface area (TPSA) is 35.2 Å². The number of hydrogen-bond acceptors (Lipinski definition) is 2. The molecule has 0 saturated heterocycles. The minimum atomic E-state index is -7.39. The first-order valence-corrected chi connectivity index (χ1v) is 7.92. The number of nitrogens with two attached hydrogens (primary N) is 1. The summed E-state index contributed by atoms with van der Waals surface area (Å²) in [5, 5.41) is 0. The molecule has 2 nitrogen and oxygen atoms in total. The Morgan fingerprint density at radius 3 is 1.74 bits per heavy atom. The van der Waals surface area contributed by atoms with Crippen molar-refractivity contribution in [2.24, 2.45) is 0 Å². The lowest BCUT2D eigenvalue weighted by atomic mass is 10.0. The first kappa shape index (κ1) is 24.3. The third kappa shape index (κ3) is 4.26. The SMILES string of the molecule is Nc1cc(-c2ccccc2)ccc1OC(F)=C(F)C(F)(F)C(F)(F)C(F)(F)C(F)(F)F. The molecule has 31 heavy (non-hydrogen) atoms. The summed E-state index contributed by atoms with van der Waals surface area (Å²) in [6, 6.07) is 8.06. The van der Waals surface area contributed by atoms with E-state index in [2.05, 4.69) is 4.74 Å². The van der Waals surface area contributed by atoms with E-state index >= 15 is 0 Å². The average Bonchev–Trinajstić information content (AvgIpc) is 2.68. The Balaban J connectivity index is 2.38. The van der Waals surface area contributed by atoms with Crippen molar-refractivity contribution < 1.29 is 53.0 Å². The molecule has 0 amide bonds. The highest BCUT2D eigenvalue weighted by Crippen LogP contribution is 2.55. The normalized spacial score (nSPS) is 14.3. The molecule has 2 N–H and O–H groups in total. The maximum Gasteiger partial charge on any atom is 0.460 e. The zero-order valence-corrected chi connectivity index (χ0v) is 14.8. The maximum atomic E-state index is 13.7. The van der Waals surface area contributed by atoms with E-state index in [-0.39, 0.29) is 0 Å². The number of benzene rings is 2. The fraction of sp³-hybridized carbons (Fsp3) is 0.222. The van der Waals surface area contributed by atoms with Gasteiger partial charge in [0.25, 0.3) is 0 Å². The molecule has 0 fully saturated rings. The number of halogens is 11. The minimum Gasteiger partial charge on any atom is -0.427 e. The molecule has 0 unspecified atom stereocenters. The van der Waals surface area contributed by atoms with E-state index in [4.69, 9.17) is 5.73 Å². The molecule has 2 rings (SSSR count). The third-order valence-electron chi connectivity index (χ3n) is 3.91. The molecule has 2 aromatic rings. The van der Waals surface area contributed by atoms with Gasteiger partial charge in [0.05, 0.1) is 5.69 Å². The Morgan fingerprint density at radius 1 is 0.710 bits per heavy atom. The summed E-state index contributed by atoms with van der Waals surface area (Å²) in [7, 11) is 0. The molecule has 0 aromatic heterocycles. The van der Waals surface area contributed by atoms with Gasteiger partial charge < -0.3 is 10.5 Å². The van der Waals surface area contributed by atoms with Crippen LogP contribution in [0.15, 0.2) is 60.4 Å². The molecular formula is C18H10F11NO. The van der Waals surface area contributed by atoms with Crippen LogP contribution in [-0.2, 0) is 0 Å². The van der Waals surface area contributed by atoms with Crippen molar-refractivity contribution in [1.29, 1.82) is 0 Å². The Labute approximate surface area is 166 Å². The Kier molecular flexibility index (Phi) is 6.21. The number of nitrogen functional groups attached to an aromatic ring is 1. The number of rotatable bonds is 6. The van der Waals surface area contributed by atoms with Crippen molar-refractivity contribution in [3.05, 3.63) is 60.4 Å². The van der Waals surface area contributed by atoms with Crippen molar-refractivity contribution in [2.45, 2.75) is 23.9 Å². The number of anilines is 1. The quantitative estimate of drug-likeness (QED) is 0.287. The zero-order chi connectivity index (χ0) is 23.8. The highest BCUT2D eigenvalue weighted by atomic mass is 19.4. The summed E-state index contributed by atoms with van der Waals surface area (Å²) in [5.74, 6) is -26.6. The van der Waals surface area contributed by atoms with Gasteiger partial charge in [0.15, 0.2) is 5.75 Å². The van der Waals surface area contributed by atoms with E-state index in [0.717, 1.165) is 12.1 Å². The third-order valence-corrected chi connectivity index (χ3v) is 3.91. The van der Waals surface area contributed by atoms with Gasteiger partial charge >= 0.3 is 30.0 Å². The van der Waals surface area contributed by atoms with E-state index in [0.29, 0.717) is 11.1 Å². The molecule has 13 heteroatoms. The number of allylic oxidation sites excluding steroid dienone is 1. The molecule has 0 heterocycles. The van der Waals surface area contributed by atoms with Crippen molar-refractivity contribution in [3.63, 3.8) is 0 Å². The van der Waals surface area contributed by atoms with Gasteiger partial charge in [-0.15, -0.1) is 0 Å². The molecule has 0 aliphatic carbocycles. The Morgan fingerprint density at radius 2 is 1.26 bits per heavy atom. The van der Waals surface area contributed by atoms with Gasteiger partial charge in [0.1, 0.15) is 0 Å². The van der Waals surface area contributed by atoms with Crippen molar-refractivity contribution in [2.75, 3.05) is 5.73 Å². The van der Waals surface area contributed by atoms with E-state index in [1.165, 1.54) is 6.07 Å². The van der Waals surface area contributed by atoms with Crippen molar-refractivity contribution >= 4 is 5.69 Å². The van der Waals surface area contributed by atoms with Gasteiger partial charge in [-0.25, -0.2) is 0 Å². The largest absolute Gasteiger partial charge is 0.460 e. The summed E-state index contributed by atoms with van der Waals surface area (Å²) in [6.07, 6.45) is -7.19. The first-order chi connectivity index (χ1) is 14.0. The lowest BCUT2D eigenvalue weighted by Gasteiger charge is -2.32. The molecule has 0 spiro atoms. The second-order valence-electron chi connectivity index (χ2n) is 6.03. The van der Waals surface area contributed by atoms with Crippen LogP contribution in [0.3, 0.4) is 0 Å². The average molecular weight is 465 g/mol. The predicted octanol–water partition coefficient (Wildman–Crippen LogP) is 6.89. The van der Waals surface area contributed by atoms with E-state index in [1.54, 1.807) is 30.3 Å². The van der Waals surface area contributed by atoms with Gasteiger partial charge in [0.2, 0.25) is 5.83 Å². The highest BCUT2D eigenvalue weighted by Gasteiger charge is 2.83. The maximum absolute atomic E-state index is 13.7. The van der Waals surface area contributed by atoms with Gasteiger partial charge in [-0.3, -0.25) is 0 Å². The summed E-state index contributed by atoms with van der Waals surface area (Å²) >= 11 is 0. The monoisotopic (exact) mass is 465 g/mol. The van der Waals surface area contributed by atoms with Crippen LogP contribution in [0, 0.1) is 0 Å². The molecule has 2 aromatic carbocycles. The van der Waals surface area contributed by atoms with E-state index < -0.39 is 47.2 Å². The van der Waals surface area contributed by atoms with Gasteiger partial charge in [0, 0.05) is 0 Å². The number of ether oxygens (including phenoxy) is 1. The number of hydrogen-bond donors (Lipinski definition) is 1. The van der Waals surface area contributed by atoms with Crippen LogP contribution in [-0.4, -0.2) is 23.9 Å². The van der Waals surface area contributed by atoms with Crippen LogP contribution in [0.2, 0.25) is 0 Å². The van der Waals surface area contributed by atoms with E-state index in [1.807, 2.05) is 0 Å². The smallest absolute Gasteiger partial charge is 0.427 e. The lowest BCUT2D eigenvalue weighted by Crippen LogP contribution is -2.61. The second-order valence-corrected chi connectivity index (χ2v) is 6.03. The fourth-order valence-electron chi connectivity index (χ4n) is 2.23. The Hall–Kier alpha value is -2.99. The molecule has 0 radical (unpaired) electrons. The van der Waals surface area contributed by atoms with Crippen molar-refractivity contribution in [3.8, 4) is 16.9 Å². The van der Waals surface area contributed by atoms with Crippen LogP contribution in [0.25, 0.3) is 11.1 Å². The molecule has 0 saturated carbocycles. The van der Waals surface area contributed by atoms with E-state index in [9.17, 15) is 48.3 Å². The lowest BCUT2D eigenvalue weighted by molar-refractivity contribution is -0.392. The van der Waals surface area contributed by atoms with Crippen LogP contribution < -0.4 is 10.5 Å². The van der Waals surface area contributed by atoms with Gasteiger partial charge in [-0.05, 0) is 23.3 Å². The molecule has 170 valence electrons. The summed E-state index contributed by atoms with van der Waals surface area (Å²) in [4.78, 5) is 0. The predicted molar refractivity (Wildman–Crippen MR) is 87.1 cm³/mol. The van der Waals surface area contributed by atoms with Crippen LogP contribution in [0.1, 0.15) is 0 Å². The molecule has 0 aliphatic rings. The number of alkyl halides is 9. The van der Waals surface area contributed by atoms with Crippen LogP contribution >= 0.6 is 0 Å². The molecule has 0 aliphatic heterocycles. The van der Waals surface area contributed by atoms with Crippen LogP contribution in [0.5, 0.6) is 5.75 Å². The minimum absolute atomic E-state index is 0.386. The second kappa shape index (κ2) is 7.93. The Bertz CT molecular complexity index is 968. The fourth-order valence-corrected chi connectivity index (χ4v) is 2.23. The first-order valence-electron chi connectivity index (χ1n) is 7.92. The molecular weight excluding hydrogens is 455 g/mol. The molecule has 0 bridgehead atoms. The highest BCUT2D eigenvalue weighted by molar-refractivity contribution is 5.70. The summed E-state index contributed by atoms with van der Waals surface area (Å²) in [5.41, 5.74) is 5.93. The summed E-state index contributed by atoms with van der Waals surface area (Å²) < 4.78 is 146.